The van der Waals surface area contributed by atoms with Gasteiger partial charge in [0.25, 0.3) is 11.4 Å². The molecule has 0 saturated carbocycles. The molecule has 0 atom stereocenters. The normalized spacial score (nSPS) is 10.6. The van der Waals surface area contributed by atoms with Crippen LogP contribution in [0.1, 0.15) is 12.0 Å². The molecule has 11 heteroatoms. The van der Waals surface area contributed by atoms with Crippen LogP contribution in [0.5, 0.6) is 0 Å². The van der Waals surface area contributed by atoms with E-state index in [0.29, 0.717) is 27.1 Å². The molecule has 2 heterocycles. The van der Waals surface area contributed by atoms with Gasteiger partial charge in [-0.2, -0.15) is 15.3 Å². The number of nitrogens with one attached hydrogen (secondary N) is 1. The monoisotopic (exact) mass is 480 g/mol. The zero-order chi connectivity index (χ0) is 23.4. The molecule has 0 unspecified atom stereocenters. The summed E-state index contributed by atoms with van der Waals surface area (Å²) in [5.74, 6) is 0.0841. The summed E-state index contributed by atoms with van der Waals surface area (Å²) >= 11 is 11.9. The molecule has 0 spiro atoms. The van der Waals surface area contributed by atoms with E-state index in [4.69, 9.17) is 33.0 Å². The zero-order valence-electron chi connectivity index (χ0n) is 16.8. The van der Waals surface area contributed by atoms with E-state index in [9.17, 15) is 9.59 Å². The topological polar surface area (TPSA) is 127 Å². The molecule has 4 aromatic rings. The highest BCUT2D eigenvalue weighted by atomic mass is 35.5. The third-order valence-electron chi connectivity index (χ3n) is 4.52. The van der Waals surface area contributed by atoms with Gasteiger partial charge >= 0.3 is 0 Å². The van der Waals surface area contributed by atoms with Crippen molar-refractivity contribution < 1.29 is 9.32 Å². The summed E-state index contributed by atoms with van der Waals surface area (Å²) in [6.07, 6.45) is -0.0293. The van der Waals surface area contributed by atoms with Crippen LogP contribution in [0.15, 0.2) is 63.9 Å². The summed E-state index contributed by atoms with van der Waals surface area (Å²) in [6.45, 7) is 0.0203. The van der Waals surface area contributed by atoms with Gasteiger partial charge in [0.05, 0.1) is 17.1 Å². The molecule has 9 nitrogen and oxygen atoms in total. The standard InChI is InChI=1S/C22H14Cl2N6O3/c23-15-3-1-2-13(10-15)21-27-22(33-29-21)18-6-7-20(32)30(28-18)9-8-19(31)26-16-4-5-17(24)14(11-16)12-25/h1-7,10-11H,8-9H2,(H,26,31). The van der Waals surface area contributed by atoms with Crippen LogP contribution in [0.25, 0.3) is 23.0 Å². The highest BCUT2D eigenvalue weighted by Crippen LogP contribution is 2.23. The number of hydrogen-bond donors (Lipinski definition) is 1. The van der Waals surface area contributed by atoms with Crippen LogP contribution in [-0.4, -0.2) is 25.8 Å². The molecule has 33 heavy (non-hydrogen) atoms. The van der Waals surface area contributed by atoms with Crippen molar-refractivity contribution in [3.05, 3.63) is 80.6 Å². The van der Waals surface area contributed by atoms with Crippen molar-refractivity contribution in [2.45, 2.75) is 13.0 Å². The maximum Gasteiger partial charge on any atom is 0.278 e. The largest absolute Gasteiger partial charge is 0.332 e. The highest BCUT2D eigenvalue weighted by molar-refractivity contribution is 6.31. The number of aromatic nitrogens is 4. The third-order valence-corrected chi connectivity index (χ3v) is 5.08. The van der Waals surface area contributed by atoms with Crippen LogP contribution < -0.4 is 10.9 Å². The Bertz CT molecular complexity index is 1440. The number of hydrogen-bond acceptors (Lipinski definition) is 7. The quantitative estimate of drug-likeness (QED) is 0.438. The van der Waals surface area contributed by atoms with Gasteiger partial charge < -0.3 is 9.84 Å². The lowest BCUT2D eigenvalue weighted by Gasteiger charge is -2.07. The van der Waals surface area contributed by atoms with E-state index < -0.39 is 0 Å². The van der Waals surface area contributed by atoms with E-state index >= 15 is 0 Å². The number of halogens is 2. The highest BCUT2D eigenvalue weighted by Gasteiger charge is 2.14. The fourth-order valence-corrected chi connectivity index (χ4v) is 3.27. The molecule has 0 aliphatic heterocycles. The van der Waals surface area contributed by atoms with E-state index in [1.807, 2.05) is 6.07 Å². The number of nitrogens with zero attached hydrogens (tertiary/aromatic N) is 5. The Hall–Kier alpha value is -4.00. The van der Waals surface area contributed by atoms with Gasteiger partial charge in [0, 0.05) is 28.8 Å². The molecule has 0 fully saturated rings. The molecule has 4 rings (SSSR count). The van der Waals surface area contributed by atoms with Crippen LogP contribution in [0.3, 0.4) is 0 Å². The Kier molecular flexibility index (Phi) is 6.49. The van der Waals surface area contributed by atoms with Crippen molar-refractivity contribution in [1.82, 2.24) is 19.9 Å². The first-order chi connectivity index (χ1) is 15.9. The summed E-state index contributed by atoms with van der Waals surface area (Å²) in [7, 11) is 0. The lowest BCUT2D eigenvalue weighted by atomic mass is 10.2. The van der Waals surface area contributed by atoms with Crippen molar-refractivity contribution >= 4 is 34.8 Å². The van der Waals surface area contributed by atoms with E-state index in [-0.39, 0.29) is 41.6 Å². The maximum atomic E-state index is 12.3. The first kappa shape index (κ1) is 22.2. The molecule has 0 radical (unpaired) electrons. The van der Waals surface area contributed by atoms with Crippen molar-refractivity contribution in [2.75, 3.05) is 5.32 Å². The number of amides is 1. The minimum atomic E-state index is -0.389. The average Bonchev–Trinajstić information content (AvgIpc) is 3.30. The molecular weight excluding hydrogens is 467 g/mol. The molecule has 2 aromatic carbocycles. The van der Waals surface area contributed by atoms with Gasteiger partial charge in [-0.3, -0.25) is 9.59 Å². The lowest BCUT2D eigenvalue weighted by Crippen LogP contribution is -2.25. The summed E-state index contributed by atoms with van der Waals surface area (Å²) in [5, 5.41) is 20.7. The van der Waals surface area contributed by atoms with Crippen molar-refractivity contribution in [3.8, 4) is 29.0 Å². The van der Waals surface area contributed by atoms with Gasteiger partial charge in [0.15, 0.2) is 0 Å². The molecule has 1 N–H and O–H groups in total. The predicted octanol–water partition coefficient (Wildman–Crippen LogP) is 4.17. The second-order valence-corrected chi connectivity index (χ2v) is 7.66. The summed E-state index contributed by atoms with van der Waals surface area (Å²) in [6, 6.07) is 16.3. The Morgan fingerprint density at radius 3 is 2.79 bits per heavy atom. The average molecular weight is 481 g/mol. The Morgan fingerprint density at radius 2 is 2.00 bits per heavy atom. The summed E-state index contributed by atoms with van der Waals surface area (Å²) in [5.41, 5.74) is 1.24. The van der Waals surface area contributed by atoms with Crippen molar-refractivity contribution in [3.63, 3.8) is 0 Å². The lowest BCUT2D eigenvalue weighted by molar-refractivity contribution is -0.116. The zero-order valence-corrected chi connectivity index (χ0v) is 18.3. The number of rotatable bonds is 6. The third kappa shape index (κ3) is 5.26. The number of nitriles is 1. The van der Waals surface area contributed by atoms with Crippen molar-refractivity contribution in [2.24, 2.45) is 0 Å². The van der Waals surface area contributed by atoms with Crippen LogP contribution in [0.4, 0.5) is 5.69 Å². The summed E-state index contributed by atoms with van der Waals surface area (Å²) in [4.78, 5) is 28.8. The van der Waals surface area contributed by atoms with E-state index in [1.54, 1.807) is 30.3 Å². The molecule has 0 aliphatic carbocycles. The molecule has 0 aliphatic rings. The van der Waals surface area contributed by atoms with Gasteiger partial charge in [-0.05, 0) is 36.4 Å². The Balaban J connectivity index is 1.46. The smallest absolute Gasteiger partial charge is 0.278 e. The van der Waals surface area contributed by atoms with E-state index in [1.165, 1.54) is 24.3 Å². The van der Waals surface area contributed by atoms with E-state index in [2.05, 4.69) is 20.6 Å². The van der Waals surface area contributed by atoms with Gasteiger partial charge in [0.2, 0.25) is 11.7 Å². The molecule has 0 bridgehead atoms. The number of anilines is 1. The maximum absolute atomic E-state index is 12.3. The van der Waals surface area contributed by atoms with Crippen LogP contribution >= 0.6 is 23.2 Å². The predicted molar refractivity (Wildman–Crippen MR) is 122 cm³/mol. The van der Waals surface area contributed by atoms with E-state index in [0.717, 1.165) is 4.68 Å². The SMILES string of the molecule is N#Cc1cc(NC(=O)CCn2nc(-c3nc(-c4cccc(Cl)c4)no3)ccc2=O)ccc1Cl. The van der Waals surface area contributed by atoms with Gasteiger partial charge in [0.1, 0.15) is 11.8 Å². The van der Waals surface area contributed by atoms with Crippen LogP contribution in [-0.2, 0) is 11.3 Å². The minimum absolute atomic E-state index is 0.0203. The second kappa shape index (κ2) is 9.65. The molecule has 164 valence electrons. The van der Waals surface area contributed by atoms with Crippen molar-refractivity contribution in [1.29, 1.82) is 5.26 Å². The van der Waals surface area contributed by atoms with Crippen LogP contribution in [0, 0.1) is 11.3 Å². The molecule has 2 aromatic heterocycles. The fourth-order valence-electron chi connectivity index (χ4n) is 2.92. The van der Waals surface area contributed by atoms with Gasteiger partial charge in [-0.1, -0.05) is 40.5 Å². The number of carbonyl (C=O) groups excluding carboxylic acids is 1. The van der Waals surface area contributed by atoms with Crippen LogP contribution in [0.2, 0.25) is 10.0 Å². The first-order valence-electron chi connectivity index (χ1n) is 9.60. The number of benzene rings is 2. The van der Waals surface area contributed by atoms with Gasteiger partial charge in [-0.25, -0.2) is 4.68 Å². The Labute approximate surface area is 197 Å². The Morgan fingerprint density at radius 1 is 1.15 bits per heavy atom. The molecular formula is C22H14Cl2N6O3. The van der Waals surface area contributed by atoms with Gasteiger partial charge in [-0.15, -0.1) is 0 Å². The first-order valence-corrected chi connectivity index (χ1v) is 10.4. The molecule has 1 amide bonds. The molecule has 0 saturated heterocycles. The number of carbonyl (C=O) groups is 1. The minimum Gasteiger partial charge on any atom is -0.332 e. The fraction of sp³-hybridized carbons (Fsp3) is 0.0909. The summed E-state index contributed by atoms with van der Waals surface area (Å²) < 4.78 is 6.42. The second-order valence-electron chi connectivity index (χ2n) is 6.82. The number of aryl methyl sites for hydroxylation is 1.